The third kappa shape index (κ3) is 2.90. The van der Waals surface area contributed by atoms with E-state index in [2.05, 4.69) is 15.9 Å². The van der Waals surface area contributed by atoms with E-state index in [9.17, 15) is 22.4 Å². The molecule has 104 valence electrons. The number of carbonyl (C=O) groups excluding carboxylic acids is 1. The second-order valence-corrected chi connectivity index (χ2v) is 4.86. The molecule has 20 heavy (non-hydrogen) atoms. The fourth-order valence-corrected chi connectivity index (χ4v) is 2.08. The van der Waals surface area contributed by atoms with Gasteiger partial charge in [-0.2, -0.15) is 0 Å². The topological polar surface area (TPSA) is 17.1 Å². The lowest BCUT2D eigenvalue weighted by atomic mass is 10.0. The summed E-state index contributed by atoms with van der Waals surface area (Å²) in [4.78, 5) is 11.9. The van der Waals surface area contributed by atoms with Gasteiger partial charge in [-0.15, -0.1) is 0 Å². The highest BCUT2D eigenvalue weighted by Gasteiger charge is 2.17. The summed E-state index contributed by atoms with van der Waals surface area (Å²) in [6, 6.07) is 5.35. The summed E-state index contributed by atoms with van der Waals surface area (Å²) in [5.74, 6) is -5.70. The molecule has 0 unspecified atom stereocenters. The van der Waals surface area contributed by atoms with E-state index in [1.54, 1.807) is 0 Å². The van der Waals surface area contributed by atoms with Gasteiger partial charge < -0.3 is 0 Å². The van der Waals surface area contributed by atoms with Gasteiger partial charge in [-0.3, -0.25) is 4.79 Å². The fraction of sp³-hybridized carbons (Fsp3) is 0.0714. The van der Waals surface area contributed by atoms with Crippen molar-refractivity contribution in [3.63, 3.8) is 0 Å². The molecule has 0 N–H and O–H groups in total. The molecule has 0 amide bonds. The second kappa shape index (κ2) is 5.75. The molecule has 0 spiro atoms. The molecular weight excluding hydrogens is 340 g/mol. The van der Waals surface area contributed by atoms with Crippen molar-refractivity contribution in [1.29, 1.82) is 0 Å². The van der Waals surface area contributed by atoms with Gasteiger partial charge in [0.15, 0.2) is 23.2 Å². The Morgan fingerprint density at radius 3 is 2.20 bits per heavy atom. The molecule has 2 rings (SSSR count). The standard InChI is InChI=1S/C14H7BrF4O/c15-13-7(2-1-3-9(13)16)6-12(20)8-4-10(17)14(19)11(18)5-8/h1-5H,6H2. The molecule has 2 aromatic carbocycles. The van der Waals surface area contributed by atoms with E-state index in [4.69, 9.17) is 0 Å². The number of halogens is 5. The molecule has 0 aliphatic rings. The van der Waals surface area contributed by atoms with Crippen LogP contribution in [0.3, 0.4) is 0 Å². The van der Waals surface area contributed by atoms with Gasteiger partial charge in [-0.05, 0) is 39.7 Å². The maximum atomic E-state index is 13.3. The van der Waals surface area contributed by atoms with Gasteiger partial charge >= 0.3 is 0 Å². The van der Waals surface area contributed by atoms with E-state index in [1.807, 2.05) is 0 Å². The zero-order chi connectivity index (χ0) is 14.9. The van der Waals surface area contributed by atoms with Gasteiger partial charge in [-0.25, -0.2) is 17.6 Å². The van der Waals surface area contributed by atoms with Gasteiger partial charge in [0.25, 0.3) is 0 Å². The van der Waals surface area contributed by atoms with Crippen molar-refractivity contribution in [2.24, 2.45) is 0 Å². The molecule has 0 saturated carbocycles. The zero-order valence-corrected chi connectivity index (χ0v) is 11.5. The van der Waals surface area contributed by atoms with Crippen molar-refractivity contribution in [2.45, 2.75) is 6.42 Å². The lowest BCUT2D eigenvalue weighted by Crippen LogP contribution is -2.07. The first-order chi connectivity index (χ1) is 9.40. The van der Waals surface area contributed by atoms with Gasteiger partial charge in [0.05, 0.1) is 4.47 Å². The summed E-state index contributed by atoms with van der Waals surface area (Å²) >= 11 is 2.99. The first kappa shape index (κ1) is 14.7. The molecule has 0 aliphatic carbocycles. The van der Waals surface area contributed by atoms with E-state index >= 15 is 0 Å². The van der Waals surface area contributed by atoms with Crippen LogP contribution in [0.1, 0.15) is 15.9 Å². The van der Waals surface area contributed by atoms with Crippen LogP contribution in [0.25, 0.3) is 0 Å². The Kier molecular flexibility index (Phi) is 4.23. The Balaban J connectivity index is 2.31. The van der Waals surface area contributed by atoms with E-state index in [-0.39, 0.29) is 16.5 Å². The Bertz CT molecular complexity index is 662. The molecule has 0 aromatic heterocycles. The molecule has 2 aromatic rings. The fourth-order valence-electron chi connectivity index (χ4n) is 1.68. The minimum Gasteiger partial charge on any atom is -0.294 e. The van der Waals surface area contributed by atoms with Crippen molar-refractivity contribution in [3.05, 3.63) is 69.2 Å². The SMILES string of the molecule is O=C(Cc1cccc(F)c1Br)c1cc(F)c(F)c(F)c1. The van der Waals surface area contributed by atoms with Crippen LogP contribution in [-0.4, -0.2) is 5.78 Å². The van der Waals surface area contributed by atoms with E-state index in [0.717, 1.165) is 0 Å². The molecule has 0 atom stereocenters. The summed E-state index contributed by atoms with van der Waals surface area (Å²) < 4.78 is 52.3. The Morgan fingerprint density at radius 2 is 1.60 bits per heavy atom. The minimum atomic E-state index is -1.63. The molecule has 0 heterocycles. The monoisotopic (exact) mass is 346 g/mol. The molecular formula is C14H7BrF4O. The third-order valence-corrected chi connectivity index (χ3v) is 3.58. The first-order valence-electron chi connectivity index (χ1n) is 5.50. The van der Waals surface area contributed by atoms with Gasteiger partial charge in [0.2, 0.25) is 0 Å². The van der Waals surface area contributed by atoms with Crippen molar-refractivity contribution in [3.8, 4) is 0 Å². The normalized spacial score (nSPS) is 10.7. The largest absolute Gasteiger partial charge is 0.294 e. The van der Waals surface area contributed by atoms with Crippen LogP contribution < -0.4 is 0 Å². The number of Topliss-reactive ketones (excluding diaryl/α,β-unsaturated/α-hetero) is 1. The number of hydrogen-bond donors (Lipinski definition) is 0. The predicted octanol–water partition coefficient (Wildman–Crippen LogP) is 4.43. The second-order valence-electron chi connectivity index (χ2n) is 4.07. The van der Waals surface area contributed by atoms with Crippen LogP contribution in [0.15, 0.2) is 34.8 Å². The van der Waals surface area contributed by atoms with Crippen molar-refractivity contribution < 1.29 is 22.4 Å². The van der Waals surface area contributed by atoms with Crippen LogP contribution >= 0.6 is 15.9 Å². The molecule has 0 aliphatic heterocycles. The molecule has 1 nitrogen and oxygen atoms in total. The number of hydrogen-bond acceptors (Lipinski definition) is 1. The highest BCUT2D eigenvalue weighted by atomic mass is 79.9. The maximum Gasteiger partial charge on any atom is 0.194 e. The van der Waals surface area contributed by atoms with E-state index < -0.39 is 29.1 Å². The van der Waals surface area contributed by atoms with Crippen molar-refractivity contribution >= 4 is 21.7 Å². The zero-order valence-electron chi connectivity index (χ0n) is 9.89. The smallest absolute Gasteiger partial charge is 0.194 e. The summed E-state index contributed by atoms with van der Waals surface area (Å²) in [5.41, 5.74) is 0.0257. The van der Waals surface area contributed by atoms with Gasteiger partial charge in [-0.1, -0.05) is 12.1 Å². The summed E-state index contributed by atoms with van der Waals surface area (Å²) in [6.45, 7) is 0. The number of ketones is 1. The number of carbonyl (C=O) groups is 1. The van der Waals surface area contributed by atoms with Crippen LogP contribution in [-0.2, 0) is 6.42 Å². The average molecular weight is 347 g/mol. The Morgan fingerprint density at radius 1 is 1.00 bits per heavy atom. The molecule has 6 heteroatoms. The first-order valence-corrected chi connectivity index (χ1v) is 6.30. The molecule has 0 bridgehead atoms. The minimum absolute atomic E-state index is 0.108. The number of benzene rings is 2. The summed E-state index contributed by atoms with van der Waals surface area (Å²) in [5, 5.41) is 0. The summed E-state index contributed by atoms with van der Waals surface area (Å²) in [6.07, 6.45) is -0.261. The van der Waals surface area contributed by atoms with Crippen LogP contribution in [0.5, 0.6) is 0 Å². The van der Waals surface area contributed by atoms with Crippen molar-refractivity contribution in [2.75, 3.05) is 0 Å². The Labute approximate surface area is 120 Å². The highest BCUT2D eigenvalue weighted by molar-refractivity contribution is 9.10. The van der Waals surface area contributed by atoms with E-state index in [0.29, 0.717) is 17.7 Å². The van der Waals surface area contributed by atoms with Crippen LogP contribution in [0.4, 0.5) is 17.6 Å². The van der Waals surface area contributed by atoms with Gasteiger partial charge in [0.1, 0.15) is 5.82 Å². The van der Waals surface area contributed by atoms with E-state index in [1.165, 1.54) is 18.2 Å². The lowest BCUT2D eigenvalue weighted by Gasteiger charge is -2.06. The molecule has 0 fully saturated rings. The summed E-state index contributed by atoms with van der Waals surface area (Å²) in [7, 11) is 0. The maximum absolute atomic E-state index is 13.3. The third-order valence-electron chi connectivity index (χ3n) is 2.69. The molecule has 0 radical (unpaired) electrons. The molecule has 0 saturated heterocycles. The van der Waals surface area contributed by atoms with Crippen molar-refractivity contribution in [1.82, 2.24) is 0 Å². The van der Waals surface area contributed by atoms with Crippen LogP contribution in [0, 0.1) is 23.3 Å². The van der Waals surface area contributed by atoms with Crippen LogP contribution in [0.2, 0.25) is 0 Å². The van der Waals surface area contributed by atoms with Gasteiger partial charge in [0, 0.05) is 12.0 Å². The lowest BCUT2D eigenvalue weighted by molar-refractivity contribution is 0.0991. The predicted molar refractivity (Wildman–Crippen MR) is 68.5 cm³/mol. The highest BCUT2D eigenvalue weighted by Crippen LogP contribution is 2.22. The Hall–Kier alpha value is -1.69. The number of rotatable bonds is 3. The quantitative estimate of drug-likeness (QED) is 0.456. The average Bonchev–Trinajstić information content (AvgIpc) is 2.40.